The van der Waals surface area contributed by atoms with Crippen molar-refractivity contribution in [3.8, 4) is 0 Å². The van der Waals surface area contributed by atoms with E-state index in [0.717, 1.165) is 0 Å². The van der Waals surface area contributed by atoms with Crippen molar-refractivity contribution in [3.63, 3.8) is 0 Å². The molecule has 9 heteroatoms. The van der Waals surface area contributed by atoms with Crippen molar-refractivity contribution in [1.29, 1.82) is 0 Å². The Morgan fingerprint density at radius 3 is 2.89 bits per heavy atom. The molecule has 0 unspecified atom stereocenters. The van der Waals surface area contributed by atoms with Crippen LogP contribution in [0.25, 0.3) is 0 Å². The van der Waals surface area contributed by atoms with Gasteiger partial charge in [0.1, 0.15) is 11.5 Å². The van der Waals surface area contributed by atoms with E-state index < -0.39 is 5.91 Å². The molecule has 0 saturated carbocycles. The number of nitrogens with zero attached hydrogens (tertiary/aromatic N) is 3. The van der Waals surface area contributed by atoms with Crippen molar-refractivity contribution in [1.82, 2.24) is 20.4 Å². The van der Waals surface area contributed by atoms with Crippen LogP contribution < -0.4 is 16.6 Å². The minimum Gasteiger partial charge on any atom is -0.342 e. The van der Waals surface area contributed by atoms with Gasteiger partial charge in [0.15, 0.2) is 5.82 Å². The molecular weight excluding hydrogens is 272 g/mol. The molecule has 0 spiro atoms. The molecule has 0 radical (unpaired) electrons. The van der Waals surface area contributed by atoms with Gasteiger partial charge in [0.25, 0.3) is 5.91 Å². The van der Waals surface area contributed by atoms with Crippen LogP contribution in [0.15, 0.2) is 16.7 Å². The van der Waals surface area contributed by atoms with Gasteiger partial charge in [-0.2, -0.15) is 4.98 Å². The molecule has 100 valence electrons. The topological polar surface area (TPSA) is 119 Å². The highest BCUT2D eigenvalue weighted by Gasteiger charge is 2.14. The lowest BCUT2D eigenvalue weighted by Gasteiger charge is -2.06. The predicted molar refractivity (Wildman–Crippen MR) is 67.3 cm³/mol. The van der Waals surface area contributed by atoms with E-state index in [1.54, 1.807) is 13.0 Å². The number of nitrogen functional groups attached to an aromatic ring is 1. The highest BCUT2D eigenvalue weighted by molar-refractivity contribution is 6.33. The van der Waals surface area contributed by atoms with E-state index in [4.69, 9.17) is 22.0 Å². The largest absolute Gasteiger partial charge is 0.342 e. The minimum atomic E-state index is -0.460. The van der Waals surface area contributed by atoms with Crippen LogP contribution in [0.5, 0.6) is 0 Å². The van der Waals surface area contributed by atoms with E-state index in [1.165, 1.54) is 6.07 Å². The number of pyridine rings is 1. The lowest BCUT2D eigenvalue weighted by molar-refractivity contribution is 0.0941. The monoisotopic (exact) mass is 282 g/mol. The Kier molecular flexibility index (Phi) is 3.93. The Morgan fingerprint density at radius 2 is 2.26 bits per heavy atom. The number of aromatic nitrogens is 3. The number of hydrogen-bond donors (Lipinski definition) is 3. The molecule has 8 nitrogen and oxygen atoms in total. The molecule has 0 atom stereocenters. The summed E-state index contributed by atoms with van der Waals surface area (Å²) in [6, 6.07) is 3.08. The third kappa shape index (κ3) is 3.18. The molecule has 0 aliphatic carbocycles. The highest BCUT2D eigenvalue weighted by Crippen LogP contribution is 2.16. The van der Waals surface area contributed by atoms with Crippen molar-refractivity contribution < 1.29 is 9.32 Å². The van der Waals surface area contributed by atoms with Gasteiger partial charge in [-0.25, -0.2) is 10.8 Å². The zero-order valence-electron chi connectivity index (χ0n) is 9.98. The SMILES string of the molecule is Cc1noc(CNC(=O)c2nc(NN)ccc2Cl)n1. The van der Waals surface area contributed by atoms with Crippen LogP contribution in [0.1, 0.15) is 22.2 Å². The van der Waals surface area contributed by atoms with Gasteiger partial charge in [-0.15, -0.1) is 0 Å². The zero-order valence-corrected chi connectivity index (χ0v) is 10.7. The van der Waals surface area contributed by atoms with Gasteiger partial charge in [-0.3, -0.25) is 4.79 Å². The van der Waals surface area contributed by atoms with E-state index in [1.807, 2.05) is 0 Å². The van der Waals surface area contributed by atoms with Crippen molar-refractivity contribution in [3.05, 3.63) is 34.6 Å². The summed E-state index contributed by atoms with van der Waals surface area (Å²) in [6.07, 6.45) is 0. The van der Waals surface area contributed by atoms with Crippen molar-refractivity contribution in [2.75, 3.05) is 5.43 Å². The Hall–Kier alpha value is -2.19. The molecule has 2 aromatic heterocycles. The number of aryl methyl sites for hydroxylation is 1. The Morgan fingerprint density at radius 1 is 1.47 bits per heavy atom. The molecule has 0 bridgehead atoms. The van der Waals surface area contributed by atoms with E-state index in [0.29, 0.717) is 17.5 Å². The highest BCUT2D eigenvalue weighted by atomic mass is 35.5. The molecule has 0 aliphatic heterocycles. The number of rotatable bonds is 4. The van der Waals surface area contributed by atoms with Crippen LogP contribution in [0.2, 0.25) is 5.02 Å². The first-order valence-electron chi connectivity index (χ1n) is 5.30. The molecule has 0 fully saturated rings. The van der Waals surface area contributed by atoms with Gasteiger partial charge in [0, 0.05) is 0 Å². The van der Waals surface area contributed by atoms with E-state index in [-0.39, 0.29) is 17.3 Å². The molecule has 4 N–H and O–H groups in total. The number of anilines is 1. The molecule has 2 rings (SSSR count). The van der Waals surface area contributed by atoms with Gasteiger partial charge >= 0.3 is 0 Å². The fourth-order valence-corrected chi connectivity index (χ4v) is 1.52. The van der Waals surface area contributed by atoms with Crippen LogP contribution >= 0.6 is 11.6 Å². The van der Waals surface area contributed by atoms with Gasteiger partial charge < -0.3 is 15.3 Å². The number of nitrogens with two attached hydrogens (primary N) is 1. The standard InChI is InChI=1S/C10H11ClN6O2/c1-5-14-8(19-17-5)4-13-10(18)9-6(11)2-3-7(15-9)16-12/h2-3H,4,12H2,1H3,(H,13,18)(H,15,16). The lowest BCUT2D eigenvalue weighted by Crippen LogP contribution is -2.25. The maximum Gasteiger partial charge on any atom is 0.271 e. The third-order valence-electron chi connectivity index (χ3n) is 2.18. The molecule has 1 amide bonds. The molecule has 0 aromatic carbocycles. The number of nitrogens with one attached hydrogen (secondary N) is 2. The molecule has 2 heterocycles. The average molecular weight is 283 g/mol. The summed E-state index contributed by atoms with van der Waals surface area (Å²) < 4.78 is 4.86. The van der Waals surface area contributed by atoms with Gasteiger partial charge in [-0.05, 0) is 19.1 Å². The maximum absolute atomic E-state index is 11.9. The average Bonchev–Trinajstić information content (AvgIpc) is 2.82. The number of carbonyl (C=O) groups excluding carboxylic acids is 1. The number of hydrazine groups is 1. The predicted octanol–water partition coefficient (Wildman–Crippen LogP) is 0.642. The second-order valence-corrected chi connectivity index (χ2v) is 4.00. The van der Waals surface area contributed by atoms with Crippen LogP contribution in [0.3, 0.4) is 0 Å². The van der Waals surface area contributed by atoms with Crippen LogP contribution in [0, 0.1) is 6.92 Å². The summed E-state index contributed by atoms with van der Waals surface area (Å²) in [5.74, 6) is 5.89. The summed E-state index contributed by atoms with van der Waals surface area (Å²) in [5, 5.41) is 6.40. The van der Waals surface area contributed by atoms with E-state index in [2.05, 4.69) is 25.9 Å². The fourth-order valence-electron chi connectivity index (χ4n) is 1.33. The van der Waals surface area contributed by atoms with Crippen molar-refractivity contribution in [2.24, 2.45) is 5.84 Å². The van der Waals surface area contributed by atoms with E-state index >= 15 is 0 Å². The van der Waals surface area contributed by atoms with Gasteiger partial charge in [0.05, 0.1) is 11.6 Å². The normalized spacial score (nSPS) is 10.3. The van der Waals surface area contributed by atoms with Crippen LogP contribution in [-0.2, 0) is 6.54 Å². The summed E-state index contributed by atoms with van der Waals surface area (Å²) in [7, 11) is 0. The lowest BCUT2D eigenvalue weighted by atomic mass is 10.3. The summed E-state index contributed by atoms with van der Waals surface area (Å²) >= 11 is 5.89. The summed E-state index contributed by atoms with van der Waals surface area (Å²) in [6.45, 7) is 1.78. The second kappa shape index (κ2) is 5.63. The number of amides is 1. The number of hydrogen-bond acceptors (Lipinski definition) is 7. The Labute approximate surface area is 113 Å². The number of carbonyl (C=O) groups is 1. The first-order valence-corrected chi connectivity index (χ1v) is 5.68. The van der Waals surface area contributed by atoms with Crippen molar-refractivity contribution in [2.45, 2.75) is 13.5 Å². The summed E-state index contributed by atoms with van der Waals surface area (Å²) in [5.41, 5.74) is 2.40. The first kappa shape index (κ1) is 13.2. The second-order valence-electron chi connectivity index (χ2n) is 3.59. The first-order chi connectivity index (χ1) is 9.10. The molecular formula is C10H11ClN6O2. The maximum atomic E-state index is 11.9. The van der Waals surface area contributed by atoms with Crippen molar-refractivity contribution >= 4 is 23.3 Å². The van der Waals surface area contributed by atoms with E-state index in [9.17, 15) is 4.79 Å². The van der Waals surface area contributed by atoms with Gasteiger partial charge in [-0.1, -0.05) is 16.8 Å². The molecule has 0 saturated heterocycles. The fraction of sp³-hybridized carbons (Fsp3) is 0.200. The van der Waals surface area contributed by atoms with Gasteiger partial charge in [0.2, 0.25) is 5.89 Å². The van der Waals surface area contributed by atoms with Crippen LogP contribution in [-0.4, -0.2) is 21.0 Å². The third-order valence-corrected chi connectivity index (χ3v) is 2.48. The molecule has 2 aromatic rings. The van der Waals surface area contributed by atoms with Crippen LogP contribution in [0.4, 0.5) is 5.82 Å². The smallest absolute Gasteiger partial charge is 0.271 e. The quantitative estimate of drug-likeness (QED) is 0.556. The summed E-state index contributed by atoms with van der Waals surface area (Å²) in [4.78, 5) is 19.8. The number of halogens is 1. The Bertz CT molecular complexity index is 599. The zero-order chi connectivity index (χ0) is 13.8. The molecule has 19 heavy (non-hydrogen) atoms. The molecule has 0 aliphatic rings. The Balaban J connectivity index is 2.07. The minimum absolute atomic E-state index is 0.0633.